The topological polar surface area (TPSA) is 115 Å². The molecule has 4 rings (SSSR count). The van der Waals surface area contributed by atoms with Gasteiger partial charge >= 0.3 is 0 Å². The molecule has 30 heavy (non-hydrogen) atoms. The summed E-state index contributed by atoms with van der Waals surface area (Å²) in [4.78, 5) is 33.6. The summed E-state index contributed by atoms with van der Waals surface area (Å²) in [6.45, 7) is 1.93. The Morgan fingerprint density at radius 2 is 2.00 bits per heavy atom. The van der Waals surface area contributed by atoms with E-state index in [0.717, 1.165) is 16.9 Å². The first-order valence-electron chi connectivity index (χ1n) is 9.32. The van der Waals surface area contributed by atoms with Gasteiger partial charge in [-0.25, -0.2) is 9.97 Å². The number of nitrogens with zero attached hydrogens (tertiary/aromatic N) is 4. The maximum Gasteiger partial charge on any atom is 0.261 e. The normalized spacial score (nSPS) is 10.9. The molecule has 2 N–H and O–H groups in total. The molecule has 2 heterocycles. The van der Waals surface area contributed by atoms with Crippen molar-refractivity contribution in [3.05, 3.63) is 70.5 Å². The lowest BCUT2D eigenvalue weighted by molar-refractivity contribution is -0.121. The van der Waals surface area contributed by atoms with Crippen LogP contribution >= 0.6 is 0 Å². The molecule has 9 nitrogen and oxygen atoms in total. The number of para-hydroxylation sites is 1. The van der Waals surface area contributed by atoms with E-state index in [1.54, 1.807) is 19.2 Å². The maximum absolute atomic E-state index is 12.6. The van der Waals surface area contributed by atoms with Crippen molar-refractivity contribution < 1.29 is 9.53 Å². The number of aromatic nitrogens is 5. The second kappa shape index (κ2) is 8.16. The van der Waals surface area contributed by atoms with Gasteiger partial charge in [-0.2, -0.15) is 5.10 Å². The predicted octanol–water partition coefficient (Wildman–Crippen LogP) is 1.82. The number of hydrogen-bond donors (Lipinski definition) is 2. The van der Waals surface area contributed by atoms with Gasteiger partial charge in [-0.1, -0.05) is 12.1 Å². The number of nitrogens with one attached hydrogen (secondary N) is 2. The molecular formula is C21H20N6O3. The molecule has 2 aromatic heterocycles. The van der Waals surface area contributed by atoms with E-state index in [-0.39, 0.29) is 24.6 Å². The number of carbonyl (C=O) groups is 1. The minimum absolute atomic E-state index is 0.130. The molecule has 152 valence electrons. The second-order valence-corrected chi connectivity index (χ2v) is 6.76. The highest BCUT2D eigenvalue weighted by Crippen LogP contribution is 2.18. The standard InChI is InChI=1S/C21H20N6O3/c1-13-4-3-5-16-19(13)23-12-27(21(16)29)11-18(28)22-10-17-24-20(26-25-17)14-6-8-15(30-2)9-7-14/h3-9,12H,10-11H2,1-2H3,(H,22,28)(H,24,25,26). The Morgan fingerprint density at radius 3 is 2.77 bits per heavy atom. The number of amides is 1. The molecule has 4 aromatic rings. The molecule has 0 saturated carbocycles. The predicted molar refractivity (Wildman–Crippen MR) is 111 cm³/mol. The monoisotopic (exact) mass is 404 g/mol. The fourth-order valence-corrected chi connectivity index (χ4v) is 3.09. The zero-order valence-electron chi connectivity index (χ0n) is 16.5. The van der Waals surface area contributed by atoms with E-state index in [4.69, 9.17) is 4.74 Å². The van der Waals surface area contributed by atoms with Crippen molar-refractivity contribution in [2.24, 2.45) is 0 Å². The third kappa shape index (κ3) is 3.90. The van der Waals surface area contributed by atoms with Crippen molar-refractivity contribution in [3.63, 3.8) is 0 Å². The zero-order valence-corrected chi connectivity index (χ0v) is 16.5. The Kier molecular flexibility index (Phi) is 5.25. The quantitative estimate of drug-likeness (QED) is 0.507. The van der Waals surface area contributed by atoms with E-state index < -0.39 is 0 Å². The smallest absolute Gasteiger partial charge is 0.261 e. The van der Waals surface area contributed by atoms with Crippen LogP contribution in [0, 0.1) is 6.92 Å². The van der Waals surface area contributed by atoms with E-state index >= 15 is 0 Å². The molecule has 0 radical (unpaired) electrons. The summed E-state index contributed by atoms with van der Waals surface area (Å²) >= 11 is 0. The summed E-state index contributed by atoms with van der Waals surface area (Å²) in [5.41, 5.74) is 2.14. The van der Waals surface area contributed by atoms with Gasteiger partial charge in [-0.3, -0.25) is 19.3 Å². The highest BCUT2D eigenvalue weighted by molar-refractivity contribution is 5.81. The maximum atomic E-state index is 12.6. The van der Waals surface area contributed by atoms with Crippen LogP contribution in [0.15, 0.2) is 53.6 Å². The summed E-state index contributed by atoms with van der Waals surface area (Å²) in [5, 5.41) is 10.2. The molecule has 1 amide bonds. The fraction of sp³-hybridized carbons (Fsp3) is 0.190. The van der Waals surface area contributed by atoms with Crippen molar-refractivity contribution >= 4 is 16.8 Å². The lowest BCUT2D eigenvalue weighted by Crippen LogP contribution is -2.32. The molecule has 9 heteroatoms. The number of rotatable bonds is 6. The van der Waals surface area contributed by atoms with Gasteiger partial charge in [0.25, 0.3) is 5.56 Å². The third-order valence-electron chi connectivity index (χ3n) is 4.70. The largest absolute Gasteiger partial charge is 0.497 e. The van der Waals surface area contributed by atoms with E-state index in [1.807, 2.05) is 37.3 Å². The van der Waals surface area contributed by atoms with Gasteiger partial charge in [-0.15, -0.1) is 0 Å². The number of hydrogen-bond acceptors (Lipinski definition) is 6. The second-order valence-electron chi connectivity index (χ2n) is 6.76. The van der Waals surface area contributed by atoms with Crippen LogP contribution in [0.5, 0.6) is 5.75 Å². The number of ether oxygens (including phenoxy) is 1. The molecule has 0 bridgehead atoms. The van der Waals surface area contributed by atoms with E-state index in [2.05, 4.69) is 25.5 Å². The van der Waals surface area contributed by atoms with Crippen LogP contribution in [0.4, 0.5) is 0 Å². The van der Waals surface area contributed by atoms with Gasteiger partial charge in [0.05, 0.1) is 30.9 Å². The van der Waals surface area contributed by atoms with E-state index in [9.17, 15) is 9.59 Å². The minimum Gasteiger partial charge on any atom is -0.497 e. The molecule has 0 fully saturated rings. The molecular weight excluding hydrogens is 384 g/mol. The molecule has 2 aromatic carbocycles. The van der Waals surface area contributed by atoms with Gasteiger partial charge in [0.1, 0.15) is 18.1 Å². The van der Waals surface area contributed by atoms with Crippen LogP contribution in [0.1, 0.15) is 11.4 Å². The minimum atomic E-state index is -0.326. The van der Waals surface area contributed by atoms with Crippen molar-refractivity contribution in [1.82, 2.24) is 30.0 Å². The molecule has 0 saturated heterocycles. The molecule has 0 aliphatic rings. The Morgan fingerprint density at radius 1 is 1.20 bits per heavy atom. The van der Waals surface area contributed by atoms with Crippen molar-refractivity contribution in [2.75, 3.05) is 7.11 Å². The average molecular weight is 404 g/mol. The Bertz CT molecular complexity index is 1260. The SMILES string of the molecule is COc1ccc(-c2n[nH]c(CNC(=O)Cn3cnc4c(C)cccc4c3=O)n2)cc1. The lowest BCUT2D eigenvalue weighted by Gasteiger charge is -2.08. The highest BCUT2D eigenvalue weighted by atomic mass is 16.5. The number of fused-ring (bicyclic) bond motifs is 1. The number of H-pyrrole nitrogens is 1. The van der Waals surface area contributed by atoms with Crippen LogP contribution < -0.4 is 15.6 Å². The molecule has 0 aliphatic carbocycles. The zero-order chi connectivity index (χ0) is 21.1. The van der Waals surface area contributed by atoms with Crippen LogP contribution in [-0.4, -0.2) is 37.7 Å². The number of benzene rings is 2. The Hall–Kier alpha value is -4.01. The van der Waals surface area contributed by atoms with Crippen LogP contribution in [0.2, 0.25) is 0 Å². The highest BCUT2D eigenvalue weighted by Gasteiger charge is 2.11. The third-order valence-corrected chi connectivity index (χ3v) is 4.70. The first-order chi connectivity index (χ1) is 14.5. The number of carbonyl (C=O) groups excluding carboxylic acids is 1. The van der Waals surface area contributed by atoms with E-state index in [1.165, 1.54) is 10.9 Å². The van der Waals surface area contributed by atoms with Crippen LogP contribution in [0.25, 0.3) is 22.3 Å². The van der Waals surface area contributed by atoms with Crippen LogP contribution in [0.3, 0.4) is 0 Å². The van der Waals surface area contributed by atoms with Crippen molar-refractivity contribution in [2.45, 2.75) is 20.0 Å². The van der Waals surface area contributed by atoms with Crippen molar-refractivity contribution in [3.8, 4) is 17.1 Å². The fourth-order valence-electron chi connectivity index (χ4n) is 3.09. The Balaban J connectivity index is 1.41. The first-order valence-corrected chi connectivity index (χ1v) is 9.32. The summed E-state index contributed by atoms with van der Waals surface area (Å²) < 4.78 is 6.43. The van der Waals surface area contributed by atoms with Crippen molar-refractivity contribution in [1.29, 1.82) is 0 Å². The number of aromatic amines is 1. The summed E-state index contributed by atoms with van der Waals surface area (Å²) in [5.74, 6) is 1.45. The van der Waals surface area contributed by atoms with Crippen LogP contribution in [-0.2, 0) is 17.9 Å². The van der Waals surface area contributed by atoms with Gasteiger partial charge in [0.2, 0.25) is 5.91 Å². The van der Waals surface area contributed by atoms with E-state index in [0.29, 0.717) is 22.6 Å². The summed E-state index contributed by atoms with van der Waals surface area (Å²) in [6.07, 6.45) is 1.40. The van der Waals surface area contributed by atoms with Gasteiger partial charge < -0.3 is 10.1 Å². The Labute approximate surface area is 171 Å². The van der Waals surface area contributed by atoms with Gasteiger partial charge in [-0.05, 0) is 42.8 Å². The first kappa shape index (κ1) is 19.3. The molecule has 0 spiro atoms. The summed E-state index contributed by atoms with van der Waals surface area (Å²) in [7, 11) is 1.60. The number of methoxy groups -OCH3 is 1. The molecule has 0 aliphatic heterocycles. The summed E-state index contributed by atoms with van der Waals surface area (Å²) in [6, 6.07) is 12.8. The number of aryl methyl sites for hydroxylation is 1. The average Bonchev–Trinajstić information content (AvgIpc) is 3.24. The van der Waals surface area contributed by atoms with Gasteiger partial charge in [0.15, 0.2) is 5.82 Å². The lowest BCUT2D eigenvalue weighted by atomic mass is 10.1. The molecule has 0 atom stereocenters. The van der Waals surface area contributed by atoms with Gasteiger partial charge in [0, 0.05) is 5.56 Å². The molecule has 0 unspecified atom stereocenters.